The number of rotatable bonds is 3. The molecule has 116 valence electrons. The van der Waals surface area contributed by atoms with E-state index >= 15 is 0 Å². The molecule has 5 heteroatoms. The largest absolute Gasteiger partial charge is 0.490 e. The number of amides is 1. The molecule has 0 unspecified atom stereocenters. The summed E-state index contributed by atoms with van der Waals surface area (Å²) in [6, 6.07) is 11.5. The third-order valence-corrected chi connectivity index (χ3v) is 4.17. The lowest BCUT2D eigenvalue weighted by atomic mass is 10.1. The Balaban J connectivity index is 1.57. The Morgan fingerprint density at radius 1 is 1.23 bits per heavy atom. The zero-order chi connectivity index (χ0) is 15.5. The lowest BCUT2D eigenvalue weighted by Gasteiger charge is -2.32. The first-order valence-corrected chi connectivity index (χ1v) is 7.84. The smallest absolute Gasteiger partial charge is 0.270 e. The molecule has 2 heterocycles. The van der Waals surface area contributed by atoms with E-state index in [9.17, 15) is 4.79 Å². The second-order valence-electron chi connectivity index (χ2n) is 5.58. The SMILES string of the molecule is Cn1cc(Cl)cc1C(=O)N1CCC(Oc2ccccc2)CC1. The van der Waals surface area contributed by atoms with Crippen LogP contribution in [0.1, 0.15) is 23.3 Å². The molecule has 1 aromatic heterocycles. The number of hydrogen-bond acceptors (Lipinski definition) is 2. The predicted molar refractivity (Wildman–Crippen MR) is 86.4 cm³/mol. The fourth-order valence-electron chi connectivity index (χ4n) is 2.77. The van der Waals surface area contributed by atoms with Gasteiger partial charge < -0.3 is 14.2 Å². The molecule has 2 aromatic rings. The number of benzene rings is 1. The lowest BCUT2D eigenvalue weighted by molar-refractivity contribution is 0.0587. The zero-order valence-corrected chi connectivity index (χ0v) is 13.3. The van der Waals surface area contributed by atoms with Crippen LogP contribution in [-0.2, 0) is 7.05 Å². The van der Waals surface area contributed by atoms with Crippen molar-refractivity contribution in [3.8, 4) is 5.75 Å². The van der Waals surface area contributed by atoms with Crippen molar-refractivity contribution in [3.05, 3.63) is 53.3 Å². The number of aromatic nitrogens is 1. The summed E-state index contributed by atoms with van der Waals surface area (Å²) in [6.07, 6.45) is 3.61. The summed E-state index contributed by atoms with van der Waals surface area (Å²) >= 11 is 5.95. The van der Waals surface area contributed by atoms with Crippen LogP contribution >= 0.6 is 11.6 Å². The maximum atomic E-state index is 12.5. The summed E-state index contributed by atoms with van der Waals surface area (Å²) in [4.78, 5) is 14.4. The van der Waals surface area contributed by atoms with E-state index in [1.54, 1.807) is 16.8 Å². The van der Waals surface area contributed by atoms with Gasteiger partial charge >= 0.3 is 0 Å². The van der Waals surface area contributed by atoms with Gasteiger partial charge in [-0.2, -0.15) is 0 Å². The number of piperidine rings is 1. The van der Waals surface area contributed by atoms with E-state index in [1.165, 1.54) is 0 Å². The Kier molecular flexibility index (Phi) is 4.39. The number of carbonyl (C=O) groups excluding carboxylic acids is 1. The van der Waals surface area contributed by atoms with Gasteiger partial charge in [0.2, 0.25) is 0 Å². The van der Waals surface area contributed by atoms with E-state index in [2.05, 4.69) is 0 Å². The molecule has 4 nitrogen and oxygen atoms in total. The highest BCUT2D eigenvalue weighted by molar-refractivity contribution is 6.31. The number of nitrogens with zero attached hydrogens (tertiary/aromatic N) is 2. The summed E-state index contributed by atoms with van der Waals surface area (Å²) in [5, 5.41) is 0.591. The van der Waals surface area contributed by atoms with Crippen LogP contribution in [0.2, 0.25) is 5.02 Å². The van der Waals surface area contributed by atoms with E-state index < -0.39 is 0 Å². The molecular weight excluding hydrogens is 300 g/mol. The summed E-state index contributed by atoms with van der Waals surface area (Å²) in [7, 11) is 1.84. The highest BCUT2D eigenvalue weighted by atomic mass is 35.5. The van der Waals surface area contributed by atoms with Crippen LogP contribution in [-0.4, -0.2) is 34.6 Å². The maximum absolute atomic E-state index is 12.5. The molecule has 1 aliphatic rings. The van der Waals surface area contributed by atoms with Crippen molar-refractivity contribution in [2.75, 3.05) is 13.1 Å². The van der Waals surface area contributed by atoms with Gasteiger partial charge in [-0.1, -0.05) is 29.8 Å². The maximum Gasteiger partial charge on any atom is 0.270 e. The average Bonchev–Trinajstić information content (AvgIpc) is 2.87. The van der Waals surface area contributed by atoms with Crippen molar-refractivity contribution in [1.29, 1.82) is 0 Å². The number of hydrogen-bond donors (Lipinski definition) is 0. The predicted octanol–water partition coefficient (Wildman–Crippen LogP) is 3.36. The monoisotopic (exact) mass is 318 g/mol. The number of halogens is 1. The van der Waals surface area contributed by atoms with Gasteiger partial charge in [0, 0.05) is 39.2 Å². The fourth-order valence-corrected chi connectivity index (χ4v) is 3.02. The Hall–Kier alpha value is -1.94. The summed E-state index contributed by atoms with van der Waals surface area (Å²) in [6.45, 7) is 1.41. The molecule has 0 radical (unpaired) electrons. The molecule has 0 saturated carbocycles. The number of likely N-dealkylation sites (tertiary alicyclic amines) is 1. The Morgan fingerprint density at radius 2 is 1.91 bits per heavy atom. The van der Waals surface area contributed by atoms with Crippen molar-refractivity contribution >= 4 is 17.5 Å². The third kappa shape index (κ3) is 3.28. The van der Waals surface area contributed by atoms with Crippen LogP contribution in [0.5, 0.6) is 5.75 Å². The molecule has 1 saturated heterocycles. The van der Waals surface area contributed by atoms with E-state index in [0.717, 1.165) is 18.6 Å². The molecule has 3 rings (SSSR count). The molecule has 0 N–H and O–H groups in total. The van der Waals surface area contributed by atoms with Gasteiger partial charge in [0.05, 0.1) is 5.02 Å². The van der Waals surface area contributed by atoms with E-state index in [0.29, 0.717) is 23.8 Å². The fraction of sp³-hybridized carbons (Fsp3) is 0.353. The first-order valence-electron chi connectivity index (χ1n) is 7.46. The average molecular weight is 319 g/mol. The van der Waals surface area contributed by atoms with Gasteiger partial charge in [-0.05, 0) is 18.2 Å². The Labute approximate surface area is 135 Å². The summed E-state index contributed by atoms with van der Waals surface area (Å²) in [5.41, 5.74) is 0.632. The minimum atomic E-state index is 0.0348. The van der Waals surface area contributed by atoms with Crippen LogP contribution < -0.4 is 4.74 Å². The van der Waals surface area contributed by atoms with Gasteiger partial charge in [-0.3, -0.25) is 4.79 Å². The molecule has 22 heavy (non-hydrogen) atoms. The van der Waals surface area contributed by atoms with Crippen LogP contribution in [0, 0.1) is 0 Å². The standard InChI is InChI=1S/C17H19ClN2O2/c1-19-12-13(18)11-16(19)17(21)20-9-7-15(8-10-20)22-14-5-3-2-4-6-14/h2-6,11-12,15H,7-10H2,1H3. The molecule has 0 aliphatic carbocycles. The van der Waals surface area contributed by atoms with Crippen LogP contribution in [0.4, 0.5) is 0 Å². The van der Waals surface area contributed by atoms with Gasteiger partial charge in [0.1, 0.15) is 17.5 Å². The zero-order valence-electron chi connectivity index (χ0n) is 12.5. The van der Waals surface area contributed by atoms with Crippen LogP contribution in [0.3, 0.4) is 0 Å². The molecule has 0 spiro atoms. The van der Waals surface area contributed by atoms with Crippen molar-refractivity contribution in [2.45, 2.75) is 18.9 Å². The summed E-state index contributed by atoms with van der Waals surface area (Å²) < 4.78 is 7.73. The van der Waals surface area contributed by atoms with Crippen molar-refractivity contribution < 1.29 is 9.53 Å². The van der Waals surface area contributed by atoms with Gasteiger partial charge in [0.15, 0.2) is 0 Å². The van der Waals surface area contributed by atoms with Crippen molar-refractivity contribution in [2.24, 2.45) is 7.05 Å². The normalized spacial score (nSPS) is 15.8. The van der Waals surface area contributed by atoms with Gasteiger partial charge in [0.25, 0.3) is 5.91 Å². The molecule has 1 aromatic carbocycles. The first kappa shape index (κ1) is 15.0. The van der Waals surface area contributed by atoms with Crippen molar-refractivity contribution in [3.63, 3.8) is 0 Å². The second-order valence-corrected chi connectivity index (χ2v) is 6.01. The molecular formula is C17H19ClN2O2. The van der Waals surface area contributed by atoms with Crippen LogP contribution in [0.15, 0.2) is 42.6 Å². The van der Waals surface area contributed by atoms with E-state index in [1.807, 2.05) is 42.3 Å². The molecule has 0 atom stereocenters. The topological polar surface area (TPSA) is 34.5 Å². The van der Waals surface area contributed by atoms with Gasteiger partial charge in [-0.15, -0.1) is 0 Å². The summed E-state index contributed by atoms with van der Waals surface area (Å²) in [5.74, 6) is 0.925. The number of carbonyl (C=O) groups is 1. The number of aryl methyl sites for hydroxylation is 1. The minimum Gasteiger partial charge on any atom is -0.490 e. The molecule has 0 bridgehead atoms. The quantitative estimate of drug-likeness (QED) is 0.869. The Bertz CT molecular complexity index is 646. The van der Waals surface area contributed by atoms with E-state index in [4.69, 9.17) is 16.3 Å². The molecule has 1 fully saturated rings. The number of ether oxygens (including phenoxy) is 1. The number of para-hydroxylation sites is 1. The molecule has 1 aliphatic heterocycles. The Morgan fingerprint density at radius 3 is 2.50 bits per heavy atom. The highest BCUT2D eigenvalue weighted by Crippen LogP contribution is 2.21. The van der Waals surface area contributed by atoms with Crippen LogP contribution in [0.25, 0.3) is 0 Å². The van der Waals surface area contributed by atoms with E-state index in [-0.39, 0.29) is 12.0 Å². The second kappa shape index (κ2) is 6.44. The minimum absolute atomic E-state index is 0.0348. The van der Waals surface area contributed by atoms with Crippen molar-refractivity contribution in [1.82, 2.24) is 9.47 Å². The third-order valence-electron chi connectivity index (χ3n) is 3.97. The first-order chi connectivity index (χ1) is 10.6. The lowest BCUT2D eigenvalue weighted by Crippen LogP contribution is -2.42. The van der Waals surface area contributed by atoms with Gasteiger partial charge in [-0.25, -0.2) is 0 Å². The molecule has 1 amide bonds. The highest BCUT2D eigenvalue weighted by Gasteiger charge is 2.26.